The molecule has 1 amide bonds. The molecule has 17 heavy (non-hydrogen) atoms. The first kappa shape index (κ1) is 12.3. The van der Waals surface area contributed by atoms with Gasteiger partial charge in [0.15, 0.2) is 0 Å². The van der Waals surface area contributed by atoms with Gasteiger partial charge in [-0.05, 0) is 35.7 Å². The van der Waals surface area contributed by atoms with E-state index in [1.165, 1.54) is 11.9 Å². The molecule has 5 heteroatoms. The number of rotatable bonds is 3. The lowest BCUT2D eigenvalue weighted by Gasteiger charge is -2.10. The largest absolute Gasteiger partial charge is 0.347 e. The number of nitrogens with one attached hydrogen (secondary N) is 2. The fourth-order valence-electron chi connectivity index (χ4n) is 1.33. The lowest BCUT2D eigenvalue weighted by molar-refractivity contribution is -0.116. The third-order valence-electron chi connectivity index (χ3n) is 2.20. The van der Waals surface area contributed by atoms with Gasteiger partial charge in [-0.25, -0.2) is 0 Å². The van der Waals surface area contributed by atoms with Gasteiger partial charge in [-0.1, -0.05) is 34.1 Å². The smallest absolute Gasteiger partial charge is 0.259 e. The quantitative estimate of drug-likeness (QED) is 0.843. The molecule has 88 valence electrons. The summed E-state index contributed by atoms with van der Waals surface area (Å²) in [4.78, 5) is 12.5. The summed E-state index contributed by atoms with van der Waals surface area (Å²) in [6, 6.07) is 7.83. The summed E-state index contributed by atoms with van der Waals surface area (Å²) in [7, 11) is 0. The molecule has 0 radical (unpaired) electrons. The van der Waals surface area contributed by atoms with E-state index in [9.17, 15) is 4.79 Å². The van der Waals surface area contributed by atoms with Crippen LogP contribution in [-0.4, -0.2) is 5.91 Å². The summed E-state index contributed by atoms with van der Waals surface area (Å²) in [6.45, 7) is 0.516. The molecule has 1 aliphatic heterocycles. The maximum Gasteiger partial charge on any atom is 0.259 e. The van der Waals surface area contributed by atoms with E-state index in [1.807, 2.05) is 30.3 Å². The predicted octanol–water partition coefficient (Wildman–Crippen LogP) is 2.71. The highest BCUT2D eigenvalue weighted by molar-refractivity contribution is 9.10. The zero-order chi connectivity index (χ0) is 12.1. The highest BCUT2D eigenvalue weighted by Gasteiger charge is 2.11. The van der Waals surface area contributed by atoms with Gasteiger partial charge in [-0.15, -0.1) is 0 Å². The minimum atomic E-state index is -0.0670. The van der Waals surface area contributed by atoms with Gasteiger partial charge in [-0.2, -0.15) is 0 Å². The monoisotopic (exact) mass is 310 g/mol. The number of halogens is 1. The zero-order valence-corrected chi connectivity index (χ0v) is 11.3. The molecule has 1 heterocycles. The van der Waals surface area contributed by atoms with Gasteiger partial charge in [0.1, 0.15) is 0 Å². The van der Waals surface area contributed by atoms with Crippen molar-refractivity contribution in [1.29, 1.82) is 0 Å². The number of allylic oxidation sites excluding steroid dienone is 2. The van der Waals surface area contributed by atoms with E-state index >= 15 is 0 Å². The van der Waals surface area contributed by atoms with Crippen molar-refractivity contribution >= 4 is 33.8 Å². The first-order valence-electron chi connectivity index (χ1n) is 5.08. The molecule has 3 nitrogen and oxygen atoms in total. The van der Waals surface area contributed by atoms with Crippen LogP contribution in [0.4, 0.5) is 0 Å². The molecule has 2 N–H and O–H groups in total. The molecule has 1 aromatic carbocycles. The molecular weight excluding hydrogens is 300 g/mol. The standard InChI is InChI=1S/C12H11BrN2OS/c13-10-5-2-1-4-9(10)8-14-12(16)11-6-3-7-15-17-11/h1-7,15H,8H2,(H,14,16). The Balaban J connectivity index is 1.94. The van der Waals surface area contributed by atoms with Gasteiger partial charge in [-0.3, -0.25) is 4.79 Å². The van der Waals surface area contributed by atoms with Crippen LogP contribution in [0.15, 0.2) is 52.0 Å². The third-order valence-corrected chi connectivity index (χ3v) is 3.77. The third kappa shape index (κ3) is 3.38. The Hall–Kier alpha value is -1.20. The lowest BCUT2D eigenvalue weighted by atomic mass is 10.2. The molecule has 1 aliphatic rings. The average Bonchev–Trinajstić information content (AvgIpc) is 2.38. The van der Waals surface area contributed by atoms with Gasteiger partial charge < -0.3 is 10.0 Å². The van der Waals surface area contributed by atoms with Crippen LogP contribution < -0.4 is 10.0 Å². The highest BCUT2D eigenvalue weighted by Crippen LogP contribution is 2.17. The molecule has 0 saturated carbocycles. The normalized spacial score (nSPS) is 13.8. The molecule has 0 aromatic heterocycles. The summed E-state index contributed by atoms with van der Waals surface area (Å²) in [5.74, 6) is -0.0670. The van der Waals surface area contributed by atoms with Crippen molar-refractivity contribution in [2.24, 2.45) is 0 Å². The fraction of sp³-hybridized carbons (Fsp3) is 0.0833. The van der Waals surface area contributed by atoms with E-state index in [0.29, 0.717) is 11.4 Å². The lowest BCUT2D eigenvalue weighted by Crippen LogP contribution is -2.25. The van der Waals surface area contributed by atoms with Gasteiger partial charge in [0, 0.05) is 17.2 Å². The van der Waals surface area contributed by atoms with Crippen molar-refractivity contribution in [2.75, 3.05) is 0 Å². The summed E-state index contributed by atoms with van der Waals surface area (Å²) >= 11 is 4.76. The SMILES string of the molecule is O=C(NCc1ccccc1Br)C1=CC=CNS1. The van der Waals surface area contributed by atoms with Gasteiger partial charge in [0.2, 0.25) is 0 Å². The van der Waals surface area contributed by atoms with Crippen LogP contribution in [0.5, 0.6) is 0 Å². The Bertz CT molecular complexity index is 485. The van der Waals surface area contributed by atoms with E-state index < -0.39 is 0 Å². The van der Waals surface area contributed by atoms with Gasteiger partial charge in [0.05, 0.1) is 4.91 Å². The van der Waals surface area contributed by atoms with E-state index in [-0.39, 0.29) is 5.91 Å². The maximum atomic E-state index is 11.8. The van der Waals surface area contributed by atoms with Crippen LogP contribution in [0.2, 0.25) is 0 Å². The molecule has 0 unspecified atom stereocenters. The Labute approximate surface area is 113 Å². The van der Waals surface area contributed by atoms with Crippen LogP contribution >= 0.6 is 27.9 Å². The Morgan fingerprint density at radius 1 is 1.41 bits per heavy atom. The Morgan fingerprint density at radius 3 is 2.94 bits per heavy atom. The highest BCUT2D eigenvalue weighted by atomic mass is 79.9. The topological polar surface area (TPSA) is 41.1 Å². The number of carbonyl (C=O) groups is 1. The number of hydrogen-bond donors (Lipinski definition) is 2. The molecule has 0 saturated heterocycles. The average molecular weight is 311 g/mol. The fourth-order valence-corrected chi connectivity index (χ4v) is 2.34. The van der Waals surface area contributed by atoms with E-state index in [0.717, 1.165) is 10.0 Å². The zero-order valence-electron chi connectivity index (χ0n) is 8.94. The second-order valence-electron chi connectivity index (χ2n) is 3.38. The molecule has 2 rings (SSSR count). The second kappa shape index (κ2) is 5.93. The van der Waals surface area contributed by atoms with Crippen molar-refractivity contribution in [3.63, 3.8) is 0 Å². The number of amides is 1. The minimum Gasteiger partial charge on any atom is -0.347 e. The van der Waals surface area contributed by atoms with Crippen molar-refractivity contribution < 1.29 is 4.79 Å². The van der Waals surface area contributed by atoms with Crippen LogP contribution in [0, 0.1) is 0 Å². The maximum absolute atomic E-state index is 11.8. The minimum absolute atomic E-state index is 0.0670. The summed E-state index contributed by atoms with van der Waals surface area (Å²) < 4.78 is 3.93. The summed E-state index contributed by atoms with van der Waals surface area (Å²) in [5, 5.41) is 2.88. The van der Waals surface area contributed by atoms with E-state index in [1.54, 1.807) is 12.3 Å². The number of benzene rings is 1. The first-order valence-corrected chi connectivity index (χ1v) is 6.69. The molecule has 0 spiro atoms. The van der Waals surface area contributed by atoms with Gasteiger partial charge in [0.25, 0.3) is 5.91 Å². The Morgan fingerprint density at radius 2 is 2.24 bits per heavy atom. The van der Waals surface area contributed by atoms with Gasteiger partial charge >= 0.3 is 0 Å². The molecule has 0 fully saturated rings. The summed E-state index contributed by atoms with van der Waals surface area (Å²) in [5.41, 5.74) is 1.06. The number of carbonyl (C=O) groups excluding carboxylic acids is 1. The summed E-state index contributed by atoms with van der Waals surface area (Å²) in [6.07, 6.45) is 5.38. The van der Waals surface area contributed by atoms with Crippen molar-refractivity contribution in [2.45, 2.75) is 6.54 Å². The van der Waals surface area contributed by atoms with E-state index in [4.69, 9.17) is 0 Å². The van der Waals surface area contributed by atoms with Crippen molar-refractivity contribution in [3.8, 4) is 0 Å². The number of hydrogen-bond acceptors (Lipinski definition) is 3. The van der Waals surface area contributed by atoms with Crippen molar-refractivity contribution in [1.82, 2.24) is 10.0 Å². The second-order valence-corrected chi connectivity index (χ2v) is 5.12. The molecule has 0 bridgehead atoms. The molecular formula is C12H11BrN2OS. The molecule has 0 aliphatic carbocycles. The van der Waals surface area contributed by atoms with Crippen LogP contribution in [0.25, 0.3) is 0 Å². The van der Waals surface area contributed by atoms with Crippen LogP contribution in [0.1, 0.15) is 5.56 Å². The van der Waals surface area contributed by atoms with E-state index in [2.05, 4.69) is 26.0 Å². The Kier molecular flexibility index (Phi) is 4.28. The van der Waals surface area contributed by atoms with Crippen LogP contribution in [0.3, 0.4) is 0 Å². The molecule has 1 aromatic rings. The molecule has 0 atom stereocenters. The first-order chi connectivity index (χ1) is 8.27. The van der Waals surface area contributed by atoms with Crippen molar-refractivity contribution in [3.05, 3.63) is 57.6 Å². The predicted molar refractivity (Wildman–Crippen MR) is 73.9 cm³/mol. The van der Waals surface area contributed by atoms with Crippen LogP contribution in [-0.2, 0) is 11.3 Å².